The van der Waals surface area contributed by atoms with E-state index in [1.807, 2.05) is 6.08 Å². The minimum absolute atomic E-state index is 0.196. The first-order chi connectivity index (χ1) is 7.55. The van der Waals surface area contributed by atoms with Crippen LogP contribution >= 0.6 is 0 Å². The highest BCUT2D eigenvalue weighted by atomic mass is 14.9. The average Bonchev–Trinajstić information content (AvgIpc) is 2.24. The summed E-state index contributed by atoms with van der Waals surface area (Å²) >= 11 is 0. The third-order valence-corrected chi connectivity index (χ3v) is 2.64. The highest BCUT2D eigenvalue weighted by molar-refractivity contribution is 5.54. The Kier molecular flexibility index (Phi) is 4.60. The molecule has 0 fully saturated rings. The molecule has 1 nitrogen and oxygen atoms in total. The van der Waals surface area contributed by atoms with Crippen molar-refractivity contribution in [2.75, 3.05) is 11.9 Å². The van der Waals surface area contributed by atoms with E-state index >= 15 is 0 Å². The van der Waals surface area contributed by atoms with Gasteiger partial charge in [0.15, 0.2) is 0 Å². The van der Waals surface area contributed by atoms with E-state index in [1.165, 1.54) is 11.3 Å². The van der Waals surface area contributed by atoms with Crippen molar-refractivity contribution >= 4 is 5.69 Å². The number of nitrogens with one attached hydrogen (secondary N) is 1. The van der Waals surface area contributed by atoms with Gasteiger partial charge in [-0.1, -0.05) is 45.0 Å². The van der Waals surface area contributed by atoms with Gasteiger partial charge in [-0.2, -0.15) is 0 Å². The number of hydrogen-bond donors (Lipinski definition) is 1. The zero-order valence-corrected chi connectivity index (χ0v) is 10.7. The summed E-state index contributed by atoms with van der Waals surface area (Å²) in [6, 6.07) is 8.56. The zero-order chi connectivity index (χ0) is 12.0. The Balaban J connectivity index is 2.68. The second-order valence-corrected chi connectivity index (χ2v) is 5.15. The molecule has 0 aliphatic rings. The van der Waals surface area contributed by atoms with Gasteiger partial charge < -0.3 is 5.32 Å². The number of unbranched alkanes of at least 4 members (excludes halogenated alkanes) is 1. The minimum atomic E-state index is 0.196. The van der Waals surface area contributed by atoms with Crippen LogP contribution in [0.5, 0.6) is 0 Å². The van der Waals surface area contributed by atoms with E-state index in [1.54, 1.807) is 0 Å². The van der Waals surface area contributed by atoms with E-state index in [4.69, 9.17) is 0 Å². The number of rotatable bonds is 5. The van der Waals surface area contributed by atoms with Crippen LogP contribution in [0.4, 0.5) is 5.69 Å². The summed E-state index contributed by atoms with van der Waals surface area (Å²) in [6.45, 7) is 11.5. The molecule has 1 aromatic rings. The van der Waals surface area contributed by atoms with Gasteiger partial charge in [0, 0.05) is 12.2 Å². The third kappa shape index (κ3) is 3.73. The number of allylic oxidation sites excluding steroid dienone is 1. The molecule has 1 heteroatoms. The Bertz CT molecular complexity index is 334. The molecule has 16 heavy (non-hydrogen) atoms. The molecule has 0 atom stereocenters. The lowest BCUT2D eigenvalue weighted by Gasteiger charge is -2.23. The Morgan fingerprint density at radius 2 is 1.94 bits per heavy atom. The molecule has 0 saturated carbocycles. The van der Waals surface area contributed by atoms with Crippen molar-refractivity contribution < 1.29 is 0 Å². The topological polar surface area (TPSA) is 12.0 Å². The fourth-order valence-electron chi connectivity index (χ4n) is 1.76. The van der Waals surface area contributed by atoms with Gasteiger partial charge in [-0.15, -0.1) is 6.58 Å². The summed E-state index contributed by atoms with van der Waals surface area (Å²) in [7, 11) is 0. The number of para-hydroxylation sites is 1. The molecule has 1 aromatic carbocycles. The van der Waals surface area contributed by atoms with Crippen LogP contribution in [0.2, 0.25) is 0 Å². The van der Waals surface area contributed by atoms with Gasteiger partial charge in [0.1, 0.15) is 0 Å². The summed E-state index contributed by atoms with van der Waals surface area (Å²) in [5, 5.41) is 3.51. The van der Waals surface area contributed by atoms with Crippen molar-refractivity contribution in [1.29, 1.82) is 0 Å². The van der Waals surface area contributed by atoms with Crippen LogP contribution in [-0.4, -0.2) is 6.54 Å². The maximum Gasteiger partial charge on any atom is 0.0378 e. The molecule has 1 rings (SSSR count). The first-order valence-electron chi connectivity index (χ1n) is 6.00. The molecule has 0 spiro atoms. The fraction of sp³-hybridized carbons (Fsp3) is 0.467. The fourth-order valence-corrected chi connectivity index (χ4v) is 1.76. The molecule has 0 heterocycles. The van der Waals surface area contributed by atoms with Crippen molar-refractivity contribution in [3.63, 3.8) is 0 Å². The van der Waals surface area contributed by atoms with Crippen molar-refractivity contribution in [2.45, 2.75) is 39.0 Å². The van der Waals surface area contributed by atoms with Crippen LogP contribution in [0.25, 0.3) is 0 Å². The number of anilines is 1. The van der Waals surface area contributed by atoms with E-state index in [-0.39, 0.29) is 5.41 Å². The van der Waals surface area contributed by atoms with E-state index in [2.05, 4.69) is 56.9 Å². The standard InChI is InChI=1S/C15H23N/c1-5-6-9-12-16-14-11-8-7-10-13(14)15(2,3)4/h5,7-8,10-11,16H,1,6,9,12H2,2-4H3. The smallest absolute Gasteiger partial charge is 0.0378 e. The van der Waals surface area contributed by atoms with Gasteiger partial charge in [0.2, 0.25) is 0 Å². The molecule has 0 unspecified atom stereocenters. The highest BCUT2D eigenvalue weighted by Crippen LogP contribution is 2.29. The number of benzene rings is 1. The molecule has 0 aliphatic carbocycles. The van der Waals surface area contributed by atoms with Crippen molar-refractivity contribution in [1.82, 2.24) is 0 Å². The first-order valence-corrected chi connectivity index (χ1v) is 6.00. The summed E-state index contributed by atoms with van der Waals surface area (Å²) in [5.74, 6) is 0. The maximum atomic E-state index is 3.73. The highest BCUT2D eigenvalue weighted by Gasteiger charge is 2.16. The van der Waals surface area contributed by atoms with Crippen LogP contribution in [0, 0.1) is 0 Å². The zero-order valence-electron chi connectivity index (χ0n) is 10.7. The second kappa shape index (κ2) is 5.74. The van der Waals surface area contributed by atoms with Crippen molar-refractivity contribution in [3.8, 4) is 0 Å². The van der Waals surface area contributed by atoms with E-state index in [9.17, 15) is 0 Å². The van der Waals surface area contributed by atoms with Gasteiger partial charge in [0.25, 0.3) is 0 Å². The van der Waals surface area contributed by atoms with E-state index < -0.39 is 0 Å². The molecule has 88 valence electrons. The lowest BCUT2D eigenvalue weighted by Crippen LogP contribution is -2.15. The summed E-state index contributed by atoms with van der Waals surface area (Å²) < 4.78 is 0. The van der Waals surface area contributed by atoms with Crippen molar-refractivity contribution in [3.05, 3.63) is 42.5 Å². The molecule has 0 aromatic heterocycles. The predicted molar refractivity (Wildman–Crippen MR) is 73.1 cm³/mol. The van der Waals surface area contributed by atoms with Crippen LogP contribution < -0.4 is 5.32 Å². The summed E-state index contributed by atoms with van der Waals surface area (Å²) in [5.41, 5.74) is 2.84. The van der Waals surface area contributed by atoms with E-state index in [0.717, 1.165) is 19.4 Å². The first kappa shape index (κ1) is 12.8. The molecular weight excluding hydrogens is 194 g/mol. The van der Waals surface area contributed by atoms with Crippen LogP contribution in [0.15, 0.2) is 36.9 Å². The summed E-state index contributed by atoms with van der Waals surface area (Å²) in [6.07, 6.45) is 4.18. The Morgan fingerprint density at radius 3 is 2.56 bits per heavy atom. The predicted octanol–water partition coefficient (Wildman–Crippen LogP) is 4.36. The van der Waals surface area contributed by atoms with Gasteiger partial charge >= 0.3 is 0 Å². The van der Waals surface area contributed by atoms with Crippen LogP contribution in [-0.2, 0) is 5.41 Å². The third-order valence-electron chi connectivity index (χ3n) is 2.64. The number of hydrogen-bond acceptors (Lipinski definition) is 1. The Morgan fingerprint density at radius 1 is 1.25 bits per heavy atom. The average molecular weight is 217 g/mol. The van der Waals surface area contributed by atoms with Crippen LogP contribution in [0.1, 0.15) is 39.2 Å². The van der Waals surface area contributed by atoms with E-state index in [0.29, 0.717) is 0 Å². The lowest BCUT2D eigenvalue weighted by atomic mass is 9.86. The molecular formula is C15H23N. The Labute approximate surface area is 99.6 Å². The quantitative estimate of drug-likeness (QED) is 0.570. The van der Waals surface area contributed by atoms with Gasteiger partial charge in [0.05, 0.1) is 0 Å². The maximum absolute atomic E-state index is 3.73. The summed E-state index contributed by atoms with van der Waals surface area (Å²) in [4.78, 5) is 0. The minimum Gasteiger partial charge on any atom is -0.385 e. The Hall–Kier alpha value is -1.24. The molecule has 0 radical (unpaired) electrons. The van der Waals surface area contributed by atoms with Gasteiger partial charge in [-0.05, 0) is 29.9 Å². The molecule has 0 bridgehead atoms. The largest absolute Gasteiger partial charge is 0.385 e. The van der Waals surface area contributed by atoms with Crippen LogP contribution in [0.3, 0.4) is 0 Å². The molecule has 1 N–H and O–H groups in total. The van der Waals surface area contributed by atoms with Gasteiger partial charge in [-0.25, -0.2) is 0 Å². The molecule has 0 amide bonds. The second-order valence-electron chi connectivity index (χ2n) is 5.15. The normalized spacial score (nSPS) is 11.2. The lowest BCUT2D eigenvalue weighted by molar-refractivity contribution is 0.591. The molecule has 0 aliphatic heterocycles. The monoisotopic (exact) mass is 217 g/mol. The van der Waals surface area contributed by atoms with Gasteiger partial charge in [-0.3, -0.25) is 0 Å². The SMILES string of the molecule is C=CCCCNc1ccccc1C(C)(C)C. The molecule has 0 saturated heterocycles. The van der Waals surface area contributed by atoms with Crippen molar-refractivity contribution in [2.24, 2.45) is 0 Å².